The zero-order chi connectivity index (χ0) is 14.7. The minimum Gasteiger partial charge on any atom is -0.320 e. The number of nitrogens with two attached hydrogens (primary N) is 1. The van der Waals surface area contributed by atoms with E-state index in [0.717, 1.165) is 10.8 Å². The summed E-state index contributed by atoms with van der Waals surface area (Å²) in [7, 11) is 0. The number of benzene rings is 1. The fourth-order valence-corrected chi connectivity index (χ4v) is 1.95. The van der Waals surface area contributed by atoms with Gasteiger partial charge in [0.15, 0.2) is 11.5 Å². The van der Waals surface area contributed by atoms with Gasteiger partial charge in [-0.2, -0.15) is 0 Å². The normalized spacial score (nSPS) is 10.3. The van der Waals surface area contributed by atoms with Crippen LogP contribution in [0.3, 0.4) is 0 Å². The first-order chi connectivity index (χ1) is 10.3. The highest BCUT2D eigenvalue weighted by Crippen LogP contribution is 2.22. The summed E-state index contributed by atoms with van der Waals surface area (Å²) < 4.78 is 0. The maximum Gasteiger partial charge on any atom is 0.276 e. The van der Waals surface area contributed by atoms with Crippen LogP contribution in [0.1, 0.15) is 10.5 Å². The summed E-state index contributed by atoms with van der Waals surface area (Å²) in [4.78, 5) is 16.2. The van der Waals surface area contributed by atoms with Gasteiger partial charge in [-0.1, -0.05) is 12.1 Å². The minimum atomic E-state index is -0.338. The van der Waals surface area contributed by atoms with Crippen LogP contribution in [0.2, 0.25) is 0 Å². The molecule has 3 aromatic rings. The lowest BCUT2D eigenvalue weighted by Gasteiger charge is -2.08. The number of pyridine rings is 1. The molecular weight excluding hydrogens is 268 g/mol. The smallest absolute Gasteiger partial charge is 0.276 e. The molecule has 0 aliphatic carbocycles. The second-order valence-corrected chi connectivity index (χ2v) is 4.30. The molecule has 0 aliphatic heterocycles. The predicted molar refractivity (Wildman–Crippen MR) is 79.5 cm³/mol. The molecule has 7 nitrogen and oxygen atoms in total. The van der Waals surface area contributed by atoms with Crippen LogP contribution in [0.15, 0.2) is 48.8 Å². The van der Waals surface area contributed by atoms with Crippen LogP contribution in [-0.2, 0) is 0 Å². The summed E-state index contributed by atoms with van der Waals surface area (Å²) >= 11 is 0. The molecule has 1 aromatic carbocycles. The van der Waals surface area contributed by atoms with Crippen LogP contribution in [0.5, 0.6) is 0 Å². The number of rotatable bonds is 3. The number of aromatic nitrogens is 3. The van der Waals surface area contributed by atoms with Crippen molar-refractivity contribution in [1.29, 1.82) is 0 Å². The molecule has 4 N–H and O–H groups in total. The second-order valence-electron chi connectivity index (χ2n) is 4.30. The summed E-state index contributed by atoms with van der Waals surface area (Å²) in [5.41, 5.74) is 3.26. The number of hydrogen-bond donors (Lipinski definition) is 3. The molecule has 3 rings (SSSR count). The first-order valence-electron chi connectivity index (χ1n) is 6.22. The van der Waals surface area contributed by atoms with Gasteiger partial charge in [0, 0.05) is 28.9 Å². The molecular formula is C14H12N6O. The summed E-state index contributed by atoms with van der Waals surface area (Å²) in [6.45, 7) is 0. The number of hydrazine groups is 1. The van der Waals surface area contributed by atoms with Crippen molar-refractivity contribution in [1.82, 2.24) is 15.2 Å². The van der Waals surface area contributed by atoms with Crippen molar-refractivity contribution in [3.8, 4) is 0 Å². The number of carbonyl (C=O) groups is 1. The molecule has 0 saturated heterocycles. The Balaban J connectivity index is 1.89. The molecule has 2 heterocycles. The Bertz CT molecular complexity index is 782. The van der Waals surface area contributed by atoms with Crippen molar-refractivity contribution in [3.05, 3.63) is 54.5 Å². The van der Waals surface area contributed by atoms with Crippen LogP contribution >= 0.6 is 0 Å². The molecule has 0 aliphatic rings. The van der Waals surface area contributed by atoms with Crippen LogP contribution < -0.4 is 16.6 Å². The molecule has 2 aromatic heterocycles. The Labute approximate surface area is 120 Å². The monoisotopic (exact) mass is 280 g/mol. The van der Waals surface area contributed by atoms with Crippen molar-refractivity contribution in [3.63, 3.8) is 0 Å². The van der Waals surface area contributed by atoms with E-state index in [1.54, 1.807) is 24.5 Å². The number of amides is 1. The molecule has 0 bridgehead atoms. The second kappa shape index (κ2) is 5.51. The standard InChI is InChI=1S/C14H12N6O/c15-18-13-5-4-12(19-20-13)14(21)17-11-3-1-2-9-8-16-7-6-10(9)11/h1-8H,15H2,(H,17,21)(H,18,20). The van der Waals surface area contributed by atoms with Crippen molar-refractivity contribution < 1.29 is 4.79 Å². The van der Waals surface area contributed by atoms with E-state index in [1.807, 2.05) is 24.3 Å². The highest BCUT2D eigenvalue weighted by molar-refractivity contribution is 6.08. The van der Waals surface area contributed by atoms with Gasteiger partial charge in [-0.05, 0) is 24.3 Å². The topological polar surface area (TPSA) is 106 Å². The lowest BCUT2D eigenvalue weighted by Crippen LogP contribution is -2.16. The lowest BCUT2D eigenvalue weighted by atomic mass is 10.1. The molecule has 1 amide bonds. The molecule has 104 valence electrons. The predicted octanol–water partition coefficient (Wildman–Crippen LogP) is 1.56. The van der Waals surface area contributed by atoms with Crippen LogP contribution in [-0.4, -0.2) is 21.1 Å². The molecule has 0 atom stereocenters. The van der Waals surface area contributed by atoms with Gasteiger partial charge in [0.1, 0.15) is 0 Å². The maximum absolute atomic E-state index is 12.2. The SMILES string of the molecule is NNc1ccc(C(=O)Nc2cccc3cnccc23)nn1. The molecule has 7 heteroatoms. The van der Waals surface area contributed by atoms with E-state index in [9.17, 15) is 4.79 Å². The Morgan fingerprint density at radius 3 is 2.76 bits per heavy atom. The van der Waals surface area contributed by atoms with E-state index < -0.39 is 0 Å². The average Bonchev–Trinajstić information content (AvgIpc) is 2.55. The first kappa shape index (κ1) is 12.9. The molecule has 0 spiro atoms. The van der Waals surface area contributed by atoms with E-state index in [4.69, 9.17) is 5.84 Å². The third-order valence-electron chi connectivity index (χ3n) is 2.97. The van der Waals surface area contributed by atoms with Gasteiger partial charge >= 0.3 is 0 Å². The van der Waals surface area contributed by atoms with Crippen molar-refractivity contribution >= 4 is 28.2 Å². The van der Waals surface area contributed by atoms with Gasteiger partial charge < -0.3 is 10.7 Å². The largest absolute Gasteiger partial charge is 0.320 e. The van der Waals surface area contributed by atoms with Crippen molar-refractivity contribution in [2.75, 3.05) is 10.7 Å². The van der Waals surface area contributed by atoms with Gasteiger partial charge in [-0.15, -0.1) is 10.2 Å². The summed E-state index contributed by atoms with van der Waals surface area (Å²) in [5.74, 6) is 5.26. The number of anilines is 2. The van der Waals surface area contributed by atoms with Crippen molar-refractivity contribution in [2.24, 2.45) is 5.84 Å². The van der Waals surface area contributed by atoms with E-state index in [2.05, 4.69) is 25.9 Å². The summed E-state index contributed by atoms with van der Waals surface area (Å²) in [5, 5.41) is 12.3. The fraction of sp³-hybridized carbons (Fsp3) is 0. The Kier molecular flexibility index (Phi) is 3.40. The highest BCUT2D eigenvalue weighted by Gasteiger charge is 2.10. The van der Waals surface area contributed by atoms with E-state index in [0.29, 0.717) is 11.5 Å². The van der Waals surface area contributed by atoms with Gasteiger partial charge in [0.05, 0.1) is 0 Å². The average molecular weight is 280 g/mol. The zero-order valence-electron chi connectivity index (χ0n) is 10.9. The van der Waals surface area contributed by atoms with Gasteiger partial charge in [-0.3, -0.25) is 9.78 Å². The molecule has 21 heavy (non-hydrogen) atoms. The summed E-state index contributed by atoms with van der Waals surface area (Å²) in [6.07, 6.45) is 3.42. The molecule has 0 fully saturated rings. The van der Waals surface area contributed by atoms with Crippen LogP contribution in [0.25, 0.3) is 10.8 Å². The minimum absolute atomic E-state index is 0.208. The van der Waals surface area contributed by atoms with Crippen molar-refractivity contribution in [2.45, 2.75) is 0 Å². The molecule has 0 unspecified atom stereocenters. The molecule has 0 saturated carbocycles. The Morgan fingerprint density at radius 2 is 2.00 bits per heavy atom. The van der Waals surface area contributed by atoms with Crippen LogP contribution in [0, 0.1) is 0 Å². The molecule has 0 radical (unpaired) electrons. The third-order valence-corrected chi connectivity index (χ3v) is 2.97. The van der Waals surface area contributed by atoms with Gasteiger partial charge in [0.2, 0.25) is 0 Å². The Morgan fingerprint density at radius 1 is 1.10 bits per heavy atom. The maximum atomic E-state index is 12.2. The number of carbonyl (C=O) groups excluding carboxylic acids is 1. The van der Waals surface area contributed by atoms with Crippen LogP contribution in [0.4, 0.5) is 11.5 Å². The highest BCUT2D eigenvalue weighted by atomic mass is 16.1. The van der Waals surface area contributed by atoms with Gasteiger partial charge in [0.25, 0.3) is 5.91 Å². The third kappa shape index (κ3) is 2.63. The fourth-order valence-electron chi connectivity index (χ4n) is 1.95. The lowest BCUT2D eigenvalue weighted by molar-refractivity contribution is 0.102. The quantitative estimate of drug-likeness (QED) is 0.496. The summed E-state index contributed by atoms with van der Waals surface area (Å²) in [6, 6.07) is 10.6. The van der Waals surface area contributed by atoms with Gasteiger partial charge in [-0.25, -0.2) is 5.84 Å². The number of nitrogens with zero attached hydrogens (tertiary/aromatic N) is 3. The van der Waals surface area contributed by atoms with E-state index >= 15 is 0 Å². The number of nitrogen functional groups attached to an aromatic ring is 1. The number of nitrogens with one attached hydrogen (secondary N) is 2. The van der Waals surface area contributed by atoms with E-state index in [-0.39, 0.29) is 11.6 Å². The number of fused-ring (bicyclic) bond motifs is 1. The van der Waals surface area contributed by atoms with E-state index in [1.165, 1.54) is 0 Å². The first-order valence-corrected chi connectivity index (χ1v) is 6.22. The zero-order valence-corrected chi connectivity index (χ0v) is 10.9. The Hall–Kier alpha value is -3.06. The number of hydrogen-bond acceptors (Lipinski definition) is 6.